The normalized spacial score (nSPS) is 10.3. The zero-order valence-electron chi connectivity index (χ0n) is 9.03. The first-order valence-corrected chi connectivity index (χ1v) is 7.38. The van der Waals surface area contributed by atoms with Crippen LogP contribution in [0.25, 0.3) is 0 Å². The van der Waals surface area contributed by atoms with Gasteiger partial charge in [-0.05, 0) is 0 Å². The molecule has 0 saturated heterocycles. The molecular weight excluding hydrogens is 296 g/mol. The van der Waals surface area contributed by atoms with Gasteiger partial charge in [-0.2, -0.15) is 0 Å². The Balaban J connectivity index is 2.22. The van der Waals surface area contributed by atoms with Crippen LogP contribution in [0.2, 0.25) is 0 Å². The van der Waals surface area contributed by atoms with E-state index in [1.807, 2.05) is 0 Å². The van der Waals surface area contributed by atoms with E-state index in [0.717, 1.165) is 0 Å². The fourth-order valence-corrected chi connectivity index (χ4v) is 4.50. The van der Waals surface area contributed by atoms with Gasteiger partial charge in [0.25, 0.3) is 0 Å². The third-order valence-corrected chi connectivity index (χ3v) is 5.01. The summed E-state index contributed by atoms with van der Waals surface area (Å²) in [5, 5.41) is 0. The first kappa shape index (κ1) is 10.7. The first-order chi connectivity index (χ1) is 7.24. The number of aryl methyl sites for hydroxylation is 2. The van der Waals surface area contributed by atoms with Gasteiger partial charge in [0.2, 0.25) is 0 Å². The third-order valence-electron chi connectivity index (χ3n) is 2.21. The van der Waals surface area contributed by atoms with Crippen LogP contribution in [0, 0.1) is 13.8 Å². The molecule has 15 heavy (non-hydrogen) atoms. The fourth-order valence-electron chi connectivity index (χ4n) is 1.49. The van der Waals surface area contributed by atoms with Gasteiger partial charge in [0, 0.05) is 0 Å². The molecule has 76 valence electrons. The SMILES string of the molecule is Cc1cccc([Te]c2cccc(C)c2)c1. The summed E-state index contributed by atoms with van der Waals surface area (Å²) in [7, 11) is 0. The molecule has 1 heteroatoms. The summed E-state index contributed by atoms with van der Waals surface area (Å²) in [6.45, 7) is 4.32. The standard InChI is InChI=1S/C14H14Te/c1-11-5-3-7-13(9-11)15-14-8-4-6-12(2)10-14/h3-10H,1-2H3. The molecule has 0 spiro atoms. The van der Waals surface area contributed by atoms with Crippen molar-refractivity contribution < 1.29 is 0 Å². The summed E-state index contributed by atoms with van der Waals surface area (Å²) in [6.07, 6.45) is 0. The third kappa shape index (κ3) is 3.09. The van der Waals surface area contributed by atoms with Crippen LogP contribution >= 0.6 is 0 Å². The average Bonchev–Trinajstić information content (AvgIpc) is 2.17. The molecule has 0 bridgehead atoms. The summed E-state index contributed by atoms with van der Waals surface area (Å²) >= 11 is -0.193. The van der Waals surface area contributed by atoms with E-state index in [-0.39, 0.29) is 20.9 Å². The summed E-state index contributed by atoms with van der Waals surface area (Å²) in [5.74, 6) is 0. The molecular formula is C14H14Te. The van der Waals surface area contributed by atoms with Gasteiger partial charge in [0.1, 0.15) is 0 Å². The van der Waals surface area contributed by atoms with Gasteiger partial charge in [-0.3, -0.25) is 0 Å². The van der Waals surface area contributed by atoms with Crippen LogP contribution in [-0.4, -0.2) is 20.9 Å². The van der Waals surface area contributed by atoms with Crippen molar-refractivity contribution in [3.05, 3.63) is 59.7 Å². The molecule has 2 rings (SSSR count). The Labute approximate surface area is 101 Å². The predicted octanol–water partition coefficient (Wildman–Crippen LogP) is 1.96. The van der Waals surface area contributed by atoms with E-state index in [1.165, 1.54) is 18.3 Å². The van der Waals surface area contributed by atoms with Crippen molar-refractivity contribution in [1.82, 2.24) is 0 Å². The molecule has 0 N–H and O–H groups in total. The molecule has 0 amide bonds. The number of hydrogen-bond donors (Lipinski definition) is 0. The molecule has 0 unspecified atom stereocenters. The Morgan fingerprint density at radius 1 is 0.733 bits per heavy atom. The van der Waals surface area contributed by atoms with Crippen LogP contribution in [0.15, 0.2) is 48.5 Å². The maximum atomic E-state index is 2.31. The van der Waals surface area contributed by atoms with Crippen LogP contribution in [0.4, 0.5) is 0 Å². The van der Waals surface area contributed by atoms with Crippen molar-refractivity contribution in [2.75, 3.05) is 0 Å². The van der Waals surface area contributed by atoms with E-state index in [9.17, 15) is 0 Å². The molecule has 0 atom stereocenters. The second-order valence-corrected chi connectivity index (χ2v) is 7.01. The number of hydrogen-bond acceptors (Lipinski definition) is 0. The van der Waals surface area contributed by atoms with E-state index >= 15 is 0 Å². The molecule has 0 aliphatic rings. The molecule has 0 aliphatic carbocycles. The maximum absolute atomic E-state index is 2.31. The number of benzene rings is 2. The number of rotatable bonds is 2. The van der Waals surface area contributed by atoms with Crippen molar-refractivity contribution in [2.45, 2.75) is 13.8 Å². The molecule has 2 aromatic carbocycles. The molecule has 0 aromatic heterocycles. The monoisotopic (exact) mass is 312 g/mol. The minimum atomic E-state index is -0.193. The van der Waals surface area contributed by atoms with Gasteiger partial charge < -0.3 is 0 Å². The topological polar surface area (TPSA) is 0 Å². The zero-order valence-corrected chi connectivity index (χ0v) is 11.4. The van der Waals surface area contributed by atoms with Crippen LogP contribution in [0.1, 0.15) is 11.1 Å². The molecule has 0 heterocycles. The van der Waals surface area contributed by atoms with Crippen LogP contribution in [0.5, 0.6) is 0 Å². The molecule has 2 aromatic rings. The first-order valence-electron chi connectivity index (χ1n) is 5.05. The van der Waals surface area contributed by atoms with Crippen LogP contribution in [0.3, 0.4) is 0 Å². The van der Waals surface area contributed by atoms with E-state index in [0.29, 0.717) is 0 Å². The van der Waals surface area contributed by atoms with Crippen molar-refractivity contribution in [1.29, 1.82) is 0 Å². The van der Waals surface area contributed by atoms with E-state index in [1.54, 1.807) is 0 Å². The Morgan fingerprint density at radius 3 is 1.60 bits per heavy atom. The summed E-state index contributed by atoms with van der Waals surface area (Å²) in [6, 6.07) is 17.8. The average molecular weight is 310 g/mol. The van der Waals surface area contributed by atoms with Crippen molar-refractivity contribution >= 4 is 28.1 Å². The second kappa shape index (κ2) is 4.84. The van der Waals surface area contributed by atoms with Gasteiger partial charge in [-0.25, -0.2) is 0 Å². The minimum absolute atomic E-state index is 0.193. The Hall–Kier alpha value is -0.770. The van der Waals surface area contributed by atoms with Crippen molar-refractivity contribution in [2.24, 2.45) is 0 Å². The molecule has 0 aliphatic heterocycles. The van der Waals surface area contributed by atoms with Gasteiger partial charge in [0.05, 0.1) is 0 Å². The molecule has 0 radical (unpaired) electrons. The quantitative estimate of drug-likeness (QED) is 0.744. The Kier molecular flexibility index (Phi) is 3.46. The fraction of sp³-hybridized carbons (Fsp3) is 0.143. The summed E-state index contributed by atoms with van der Waals surface area (Å²) < 4.78 is 3.04. The summed E-state index contributed by atoms with van der Waals surface area (Å²) in [5.41, 5.74) is 2.73. The second-order valence-electron chi connectivity index (χ2n) is 3.74. The van der Waals surface area contributed by atoms with Gasteiger partial charge in [0.15, 0.2) is 0 Å². The van der Waals surface area contributed by atoms with E-state index in [2.05, 4.69) is 62.4 Å². The van der Waals surface area contributed by atoms with Crippen molar-refractivity contribution in [3.8, 4) is 0 Å². The van der Waals surface area contributed by atoms with Gasteiger partial charge in [-0.15, -0.1) is 0 Å². The van der Waals surface area contributed by atoms with Gasteiger partial charge in [-0.1, -0.05) is 0 Å². The predicted molar refractivity (Wildman–Crippen MR) is 67.4 cm³/mol. The molecule has 0 nitrogen and oxygen atoms in total. The van der Waals surface area contributed by atoms with E-state index < -0.39 is 0 Å². The zero-order chi connectivity index (χ0) is 10.7. The van der Waals surface area contributed by atoms with E-state index in [4.69, 9.17) is 0 Å². The van der Waals surface area contributed by atoms with Gasteiger partial charge >= 0.3 is 102 Å². The van der Waals surface area contributed by atoms with Crippen LogP contribution in [-0.2, 0) is 0 Å². The van der Waals surface area contributed by atoms with Crippen molar-refractivity contribution in [3.63, 3.8) is 0 Å². The molecule has 0 fully saturated rings. The summed E-state index contributed by atoms with van der Waals surface area (Å²) in [4.78, 5) is 0. The Bertz CT molecular complexity index is 417. The van der Waals surface area contributed by atoms with Crippen LogP contribution < -0.4 is 7.22 Å². The molecule has 0 saturated carbocycles. The Morgan fingerprint density at radius 2 is 1.20 bits per heavy atom.